The number of ether oxygens (including phenoxy) is 1. The summed E-state index contributed by atoms with van der Waals surface area (Å²) < 4.78 is 6.86. The first kappa shape index (κ1) is 27.8. The third-order valence-electron chi connectivity index (χ3n) is 5.89. The summed E-state index contributed by atoms with van der Waals surface area (Å²) in [6, 6.07) is 28.7. The van der Waals surface area contributed by atoms with Gasteiger partial charge < -0.3 is 10.1 Å². The van der Waals surface area contributed by atoms with Crippen molar-refractivity contribution in [2.45, 2.75) is 13.5 Å². The molecule has 200 valence electrons. The van der Waals surface area contributed by atoms with Crippen LogP contribution in [0.3, 0.4) is 0 Å². The summed E-state index contributed by atoms with van der Waals surface area (Å²) in [5, 5.41) is 10.9. The molecule has 0 aliphatic carbocycles. The molecule has 2 N–H and O–H groups in total. The number of carbonyl (C=O) groups is 1. The summed E-state index contributed by atoms with van der Waals surface area (Å²) >= 11 is 9.69. The number of anilines is 2. The van der Waals surface area contributed by atoms with Gasteiger partial charge in [0.05, 0.1) is 15.5 Å². The first-order valence-corrected chi connectivity index (χ1v) is 14.7. The number of rotatable bonds is 9. The number of nitrogens with zero attached hydrogens (tertiary/aromatic N) is 2. The Morgan fingerprint density at radius 2 is 1.77 bits per heavy atom. The van der Waals surface area contributed by atoms with Crippen LogP contribution in [0, 0.1) is 10.5 Å². The second kappa shape index (κ2) is 13.1. The molecule has 4 aromatic carbocycles. The number of hydrazone groups is 1. The van der Waals surface area contributed by atoms with Crippen LogP contribution in [0.15, 0.2) is 101 Å². The van der Waals surface area contributed by atoms with Gasteiger partial charge in [0.25, 0.3) is 5.91 Å². The number of halogens is 2. The zero-order valence-electron chi connectivity index (χ0n) is 21.4. The van der Waals surface area contributed by atoms with Gasteiger partial charge in [0.15, 0.2) is 5.13 Å². The van der Waals surface area contributed by atoms with E-state index in [1.54, 1.807) is 18.3 Å². The van der Waals surface area contributed by atoms with E-state index in [9.17, 15) is 4.79 Å². The number of thiazole rings is 1. The lowest BCUT2D eigenvalue weighted by Gasteiger charge is -2.09. The molecule has 0 bridgehead atoms. The lowest BCUT2D eigenvalue weighted by Crippen LogP contribution is -2.17. The van der Waals surface area contributed by atoms with E-state index in [2.05, 4.69) is 62.5 Å². The van der Waals surface area contributed by atoms with Crippen molar-refractivity contribution in [2.75, 3.05) is 5.32 Å². The number of hydrogen-bond acceptors (Lipinski definition) is 6. The highest BCUT2D eigenvalue weighted by atomic mass is 127. The van der Waals surface area contributed by atoms with Crippen molar-refractivity contribution in [3.63, 3.8) is 0 Å². The average molecular weight is 679 g/mol. The highest BCUT2D eigenvalue weighted by Crippen LogP contribution is 2.28. The van der Waals surface area contributed by atoms with E-state index in [0.29, 0.717) is 17.2 Å². The van der Waals surface area contributed by atoms with Gasteiger partial charge in [0, 0.05) is 27.2 Å². The van der Waals surface area contributed by atoms with Gasteiger partial charge in [-0.1, -0.05) is 53.6 Å². The van der Waals surface area contributed by atoms with Crippen LogP contribution >= 0.6 is 45.5 Å². The fraction of sp³-hybridized carbons (Fsp3) is 0.0645. The van der Waals surface area contributed by atoms with Crippen LogP contribution in [0.1, 0.15) is 27.0 Å². The minimum absolute atomic E-state index is 0.291. The molecule has 0 saturated heterocycles. The van der Waals surface area contributed by atoms with E-state index in [-0.39, 0.29) is 5.91 Å². The van der Waals surface area contributed by atoms with Gasteiger partial charge in [-0.3, -0.25) is 4.79 Å². The van der Waals surface area contributed by atoms with Crippen LogP contribution in [0.4, 0.5) is 10.8 Å². The number of benzene rings is 4. The molecule has 1 heterocycles. The Hall–Kier alpha value is -3.73. The highest BCUT2D eigenvalue weighted by molar-refractivity contribution is 14.1. The number of carbonyl (C=O) groups excluding carboxylic acids is 1. The van der Waals surface area contributed by atoms with E-state index in [0.717, 1.165) is 42.5 Å². The lowest BCUT2D eigenvalue weighted by atomic mass is 10.1. The first-order valence-electron chi connectivity index (χ1n) is 12.3. The fourth-order valence-electron chi connectivity index (χ4n) is 3.70. The van der Waals surface area contributed by atoms with Crippen molar-refractivity contribution in [1.29, 1.82) is 0 Å². The van der Waals surface area contributed by atoms with Gasteiger partial charge in [-0.2, -0.15) is 5.10 Å². The summed E-state index contributed by atoms with van der Waals surface area (Å²) in [4.78, 5) is 17.3. The SMILES string of the molecule is Cc1ccc(Nc2nc(-c3ccc(C(=O)N/N=C\c4ccc(OCc5ccc(Cl)cc5)c(I)c4)cc3)cs2)cc1. The molecule has 5 rings (SSSR count). The zero-order valence-corrected chi connectivity index (χ0v) is 25.1. The minimum Gasteiger partial charge on any atom is -0.488 e. The Morgan fingerprint density at radius 3 is 2.50 bits per heavy atom. The monoisotopic (exact) mass is 678 g/mol. The Morgan fingerprint density at radius 1 is 1.02 bits per heavy atom. The lowest BCUT2D eigenvalue weighted by molar-refractivity contribution is 0.0955. The second-order valence-corrected chi connectivity index (χ2v) is 11.4. The van der Waals surface area contributed by atoms with E-state index in [4.69, 9.17) is 16.3 Å². The molecule has 0 radical (unpaired) electrons. The Labute approximate surface area is 255 Å². The summed E-state index contributed by atoms with van der Waals surface area (Å²) in [6.45, 7) is 2.51. The Balaban J connectivity index is 1.14. The normalized spacial score (nSPS) is 11.0. The Bertz CT molecular complexity index is 1640. The molecule has 0 unspecified atom stereocenters. The van der Waals surface area contributed by atoms with Crippen molar-refractivity contribution in [3.05, 3.63) is 127 Å². The average Bonchev–Trinajstić information content (AvgIpc) is 3.43. The van der Waals surface area contributed by atoms with Gasteiger partial charge in [0.1, 0.15) is 12.4 Å². The van der Waals surface area contributed by atoms with Crippen LogP contribution in [-0.2, 0) is 6.61 Å². The Kier molecular flexibility index (Phi) is 9.10. The fourth-order valence-corrected chi connectivity index (χ4v) is 5.26. The predicted octanol–water partition coefficient (Wildman–Crippen LogP) is 8.46. The number of aromatic nitrogens is 1. The van der Waals surface area contributed by atoms with Crippen molar-refractivity contribution in [3.8, 4) is 17.0 Å². The maximum Gasteiger partial charge on any atom is 0.271 e. The summed E-state index contributed by atoms with van der Waals surface area (Å²) in [5.74, 6) is 0.482. The van der Waals surface area contributed by atoms with Crippen LogP contribution in [0.25, 0.3) is 11.3 Å². The number of amides is 1. The second-order valence-electron chi connectivity index (χ2n) is 8.91. The van der Waals surface area contributed by atoms with E-state index >= 15 is 0 Å². The van der Waals surface area contributed by atoms with Crippen LogP contribution in [0.2, 0.25) is 5.02 Å². The van der Waals surface area contributed by atoms with Gasteiger partial charge in [-0.25, -0.2) is 10.4 Å². The maximum absolute atomic E-state index is 12.6. The zero-order chi connectivity index (χ0) is 27.9. The van der Waals surface area contributed by atoms with Gasteiger partial charge in [0.2, 0.25) is 0 Å². The standard InChI is InChI=1S/C31H24ClIN4O2S/c1-20-2-13-26(14-3-20)35-31-36-28(19-40-31)23-7-9-24(10-8-23)30(38)37-34-17-22-6-15-29(27(33)16-22)39-18-21-4-11-25(32)12-5-21/h2-17,19H,18H2,1H3,(H,35,36)(H,37,38)/b34-17-. The number of hydrogen-bond donors (Lipinski definition) is 2. The quantitative estimate of drug-likeness (QED) is 0.0932. The molecule has 0 aliphatic heterocycles. The molecular weight excluding hydrogens is 655 g/mol. The molecule has 1 amide bonds. The molecule has 0 aliphatic rings. The molecule has 0 saturated carbocycles. The van der Waals surface area contributed by atoms with Crippen molar-refractivity contribution >= 4 is 68.5 Å². The third-order valence-corrected chi connectivity index (χ3v) is 7.75. The van der Waals surface area contributed by atoms with Crippen LogP contribution in [0.5, 0.6) is 5.75 Å². The highest BCUT2D eigenvalue weighted by Gasteiger charge is 2.09. The minimum atomic E-state index is -0.291. The van der Waals surface area contributed by atoms with Crippen LogP contribution < -0.4 is 15.5 Å². The van der Waals surface area contributed by atoms with Gasteiger partial charge in [-0.05, 0) is 95.2 Å². The molecule has 40 heavy (non-hydrogen) atoms. The van der Waals surface area contributed by atoms with Gasteiger partial charge >= 0.3 is 0 Å². The topological polar surface area (TPSA) is 75.6 Å². The molecule has 5 aromatic rings. The first-order chi connectivity index (χ1) is 19.4. The van der Waals surface area contributed by atoms with E-state index in [1.807, 2.05) is 72.1 Å². The molecule has 1 aromatic heterocycles. The third kappa shape index (κ3) is 7.47. The van der Waals surface area contributed by atoms with Crippen molar-refractivity contribution in [1.82, 2.24) is 10.4 Å². The number of aryl methyl sites for hydroxylation is 1. The van der Waals surface area contributed by atoms with Crippen molar-refractivity contribution < 1.29 is 9.53 Å². The largest absolute Gasteiger partial charge is 0.488 e. The number of nitrogens with one attached hydrogen (secondary N) is 2. The van der Waals surface area contributed by atoms with E-state index in [1.165, 1.54) is 16.9 Å². The summed E-state index contributed by atoms with van der Waals surface area (Å²) in [7, 11) is 0. The van der Waals surface area contributed by atoms with Crippen LogP contribution in [-0.4, -0.2) is 17.1 Å². The summed E-state index contributed by atoms with van der Waals surface area (Å²) in [5.41, 5.74) is 8.96. The molecule has 6 nitrogen and oxygen atoms in total. The predicted molar refractivity (Wildman–Crippen MR) is 172 cm³/mol. The molecular formula is C31H24ClIN4O2S. The molecule has 0 fully saturated rings. The maximum atomic E-state index is 12.6. The molecule has 0 atom stereocenters. The molecule has 0 spiro atoms. The van der Waals surface area contributed by atoms with Crippen molar-refractivity contribution in [2.24, 2.45) is 5.10 Å². The van der Waals surface area contributed by atoms with E-state index < -0.39 is 0 Å². The summed E-state index contributed by atoms with van der Waals surface area (Å²) in [6.07, 6.45) is 1.61. The van der Waals surface area contributed by atoms with Gasteiger partial charge in [-0.15, -0.1) is 11.3 Å². The molecule has 9 heteroatoms. The smallest absolute Gasteiger partial charge is 0.271 e.